The predicted molar refractivity (Wildman–Crippen MR) is 109 cm³/mol. The monoisotopic (exact) mass is 378 g/mol. The van der Waals surface area contributed by atoms with Crippen LogP contribution in [0, 0.1) is 10.1 Å². The molecule has 0 saturated carbocycles. The van der Waals surface area contributed by atoms with Gasteiger partial charge in [-0.3, -0.25) is 14.9 Å². The summed E-state index contributed by atoms with van der Waals surface area (Å²) in [6.07, 6.45) is 1.93. The molecule has 1 aromatic heterocycles. The van der Waals surface area contributed by atoms with Gasteiger partial charge in [-0.25, -0.2) is 0 Å². The van der Waals surface area contributed by atoms with Crippen molar-refractivity contribution in [3.05, 3.63) is 70.4 Å². The number of amides is 1. The van der Waals surface area contributed by atoms with Crippen molar-refractivity contribution in [2.24, 2.45) is 0 Å². The molecule has 1 saturated heterocycles. The van der Waals surface area contributed by atoms with Gasteiger partial charge in [-0.1, -0.05) is 30.3 Å². The van der Waals surface area contributed by atoms with Crippen LogP contribution in [0.1, 0.15) is 17.3 Å². The molecular weight excluding hydrogens is 356 g/mol. The normalized spacial score (nSPS) is 14.5. The van der Waals surface area contributed by atoms with Crippen LogP contribution in [0.15, 0.2) is 54.7 Å². The SMILES string of the molecule is CCn1cc(C(=O)N2CCN(c3ccccc3[N+](=O)[O-])CC2)c2ccccc21. The lowest BCUT2D eigenvalue weighted by atomic mass is 10.1. The highest BCUT2D eigenvalue weighted by atomic mass is 16.6. The Bertz CT molecular complexity index is 1040. The Kier molecular flexibility index (Phi) is 4.73. The molecule has 4 rings (SSSR count). The number of piperazine rings is 1. The van der Waals surface area contributed by atoms with E-state index >= 15 is 0 Å². The van der Waals surface area contributed by atoms with Crippen LogP contribution in [-0.4, -0.2) is 46.5 Å². The highest BCUT2D eigenvalue weighted by Crippen LogP contribution is 2.29. The highest BCUT2D eigenvalue weighted by molar-refractivity contribution is 6.07. The zero-order chi connectivity index (χ0) is 19.7. The molecule has 0 N–H and O–H groups in total. The summed E-state index contributed by atoms with van der Waals surface area (Å²) in [5, 5.41) is 12.3. The smallest absolute Gasteiger partial charge is 0.292 e. The molecule has 1 amide bonds. The van der Waals surface area contributed by atoms with E-state index in [9.17, 15) is 14.9 Å². The molecule has 144 valence electrons. The molecule has 0 unspecified atom stereocenters. The van der Waals surface area contributed by atoms with Crippen molar-refractivity contribution in [2.75, 3.05) is 31.1 Å². The fourth-order valence-electron chi connectivity index (χ4n) is 3.89. The Hall–Kier alpha value is -3.35. The third-order valence-corrected chi connectivity index (χ3v) is 5.35. The third kappa shape index (κ3) is 3.09. The van der Waals surface area contributed by atoms with Crippen molar-refractivity contribution < 1.29 is 9.72 Å². The largest absolute Gasteiger partial charge is 0.362 e. The van der Waals surface area contributed by atoms with Gasteiger partial charge in [0.1, 0.15) is 5.69 Å². The number of fused-ring (bicyclic) bond motifs is 1. The van der Waals surface area contributed by atoms with Crippen LogP contribution < -0.4 is 4.90 Å². The van der Waals surface area contributed by atoms with Gasteiger partial charge in [-0.15, -0.1) is 0 Å². The summed E-state index contributed by atoms with van der Waals surface area (Å²) in [6, 6.07) is 14.7. The van der Waals surface area contributed by atoms with Crippen molar-refractivity contribution in [1.29, 1.82) is 0 Å². The van der Waals surface area contributed by atoms with Gasteiger partial charge in [0.05, 0.1) is 10.5 Å². The summed E-state index contributed by atoms with van der Waals surface area (Å²) < 4.78 is 2.09. The number of benzene rings is 2. The van der Waals surface area contributed by atoms with Gasteiger partial charge in [0, 0.05) is 55.9 Å². The maximum Gasteiger partial charge on any atom is 0.292 e. The molecule has 1 aliphatic heterocycles. The summed E-state index contributed by atoms with van der Waals surface area (Å²) in [7, 11) is 0. The van der Waals surface area contributed by atoms with Gasteiger partial charge >= 0.3 is 0 Å². The molecule has 0 atom stereocenters. The summed E-state index contributed by atoms with van der Waals surface area (Å²) >= 11 is 0. The van der Waals surface area contributed by atoms with Crippen LogP contribution in [0.2, 0.25) is 0 Å². The van der Waals surface area contributed by atoms with E-state index in [0.29, 0.717) is 31.9 Å². The minimum absolute atomic E-state index is 0.0191. The van der Waals surface area contributed by atoms with E-state index in [2.05, 4.69) is 11.5 Å². The molecule has 0 bridgehead atoms. The summed E-state index contributed by atoms with van der Waals surface area (Å²) in [6.45, 7) is 5.09. The molecule has 0 aliphatic carbocycles. The van der Waals surface area contributed by atoms with Crippen LogP contribution in [0.3, 0.4) is 0 Å². The maximum absolute atomic E-state index is 13.1. The lowest BCUT2D eigenvalue weighted by Crippen LogP contribution is -2.48. The van der Waals surface area contributed by atoms with E-state index in [-0.39, 0.29) is 16.5 Å². The van der Waals surface area contributed by atoms with E-state index < -0.39 is 0 Å². The van der Waals surface area contributed by atoms with Crippen molar-refractivity contribution in [1.82, 2.24) is 9.47 Å². The van der Waals surface area contributed by atoms with E-state index in [4.69, 9.17) is 0 Å². The number of anilines is 1. The second-order valence-corrected chi connectivity index (χ2v) is 6.87. The van der Waals surface area contributed by atoms with Gasteiger partial charge in [0.15, 0.2) is 0 Å². The van der Waals surface area contributed by atoms with E-state index in [1.807, 2.05) is 40.3 Å². The molecule has 0 radical (unpaired) electrons. The standard InChI is InChI=1S/C21H22N4O3/c1-2-22-15-17(16-7-3-4-8-18(16)22)21(26)24-13-11-23(12-14-24)19-9-5-6-10-20(19)25(27)28/h3-10,15H,2,11-14H2,1H3. The predicted octanol–water partition coefficient (Wildman–Crippen LogP) is 3.53. The number of carbonyl (C=O) groups excluding carboxylic acids is 1. The number of para-hydroxylation sites is 3. The number of nitrogens with zero attached hydrogens (tertiary/aromatic N) is 4. The van der Waals surface area contributed by atoms with Gasteiger partial charge in [0.2, 0.25) is 0 Å². The van der Waals surface area contributed by atoms with Gasteiger partial charge < -0.3 is 14.4 Å². The topological polar surface area (TPSA) is 71.6 Å². The molecule has 2 aromatic carbocycles. The molecule has 7 nitrogen and oxygen atoms in total. The van der Waals surface area contributed by atoms with Crippen molar-refractivity contribution >= 4 is 28.2 Å². The fraction of sp³-hybridized carbons (Fsp3) is 0.286. The van der Waals surface area contributed by atoms with Crippen LogP contribution in [0.4, 0.5) is 11.4 Å². The maximum atomic E-state index is 13.1. The van der Waals surface area contributed by atoms with Crippen molar-refractivity contribution in [3.8, 4) is 0 Å². The number of nitro benzene ring substituents is 1. The fourth-order valence-corrected chi connectivity index (χ4v) is 3.89. The zero-order valence-corrected chi connectivity index (χ0v) is 15.7. The number of aromatic nitrogens is 1. The van der Waals surface area contributed by atoms with Crippen LogP contribution >= 0.6 is 0 Å². The highest BCUT2D eigenvalue weighted by Gasteiger charge is 2.27. The lowest BCUT2D eigenvalue weighted by molar-refractivity contribution is -0.384. The number of aryl methyl sites for hydroxylation is 1. The Morgan fingerprint density at radius 3 is 2.43 bits per heavy atom. The lowest BCUT2D eigenvalue weighted by Gasteiger charge is -2.35. The van der Waals surface area contributed by atoms with Crippen LogP contribution in [0.5, 0.6) is 0 Å². The minimum Gasteiger partial charge on any atom is -0.362 e. The number of nitro groups is 1. The molecule has 0 spiro atoms. The Morgan fingerprint density at radius 2 is 1.71 bits per heavy atom. The van der Waals surface area contributed by atoms with E-state index in [1.165, 1.54) is 6.07 Å². The quantitative estimate of drug-likeness (QED) is 0.514. The zero-order valence-electron chi connectivity index (χ0n) is 15.7. The van der Waals surface area contributed by atoms with Crippen LogP contribution in [0.25, 0.3) is 10.9 Å². The van der Waals surface area contributed by atoms with E-state index in [1.54, 1.807) is 18.2 Å². The van der Waals surface area contributed by atoms with Crippen molar-refractivity contribution in [2.45, 2.75) is 13.5 Å². The first-order chi connectivity index (χ1) is 13.6. The first kappa shape index (κ1) is 18.0. The molecule has 3 aromatic rings. The first-order valence-corrected chi connectivity index (χ1v) is 9.45. The van der Waals surface area contributed by atoms with Crippen LogP contribution in [-0.2, 0) is 6.54 Å². The number of carbonyl (C=O) groups is 1. The Morgan fingerprint density at radius 1 is 1.04 bits per heavy atom. The molecule has 1 aliphatic rings. The summed E-state index contributed by atoms with van der Waals surface area (Å²) in [4.78, 5) is 27.9. The molecule has 2 heterocycles. The third-order valence-electron chi connectivity index (χ3n) is 5.35. The molecule has 7 heteroatoms. The van der Waals surface area contributed by atoms with Gasteiger partial charge in [-0.2, -0.15) is 0 Å². The van der Waals surface area contributed by atoms with Gasteiger partial charge in [-0.05, 0) is 19.1 Å². The summed E-state index contributed by atoms with van der Waals surface area (Å²) in [5.41, 5.74) is 2.50. The molecule has 1 fully saturated rings. The number of hydrogen-bond donors (Lipinski definition) is 0. The molecular formula is C21H22N4O3. The van der Waals surface area contributed by atoms with E-state index in [0.717, 1.165) is 23.0 Å². The number of rotatable bonds is 4. The Balaban J connectivity index is 1.53. The van der Waals surface area contributed by atoms with Crippen molar-refractivity contribution in [3.63, 3.8) is 0 Å². The Labute approximate surface area is 162 Å². The molecule has 28 heavy (non-hydrogen) atoms. The minimum atomic E-state index is -0.355. The average Bonchev–Trinajstić information content (AvgIpc) is 3.12. The first-order valence-electron chi connectivity index (χ1n) is 9.45. The second kappa shape index (κ2) is 7.34. The average molecular weight is 378 g/mol. The van der Waals surface area contributed by atoms with Gasteiger partial charge in [0.25, 0.3) is 11.6 Å². The second-order valence-electron chi connectivity index (χ2n) is 6.87. The number of hydrogen-bond acceptors (Lipinski definition) is 4. The summed E-state index contributed by atoms with van der Waals surface area (Å²) in [5.74, 6) is 0.0191.